The molecule has 0 amide bonds. The molecule has 0 spiro atoms. The van der Waals surface area contributed by atoms with Gasteiger partial charge in [0.05, 0.1) is 16.1 Å². The number of hydrogen-bond donors (Lipinski definition) is 0. The van der Waals surface area contributed by atoms with Gasteiger partial charge < -0.3 is 9.64 Å². The zero-order chi connectivity index (χ0) is 23.9. The predicted octanol–water partition coefficient (Wildman–Crippen LogP) is 7.06. The number of nitro groups is 1. The van der Waals surface area contributed by atoms with Crippen molar-refractivity contribution < 1.29 is 14.5 Å². The Kier molecular flexibility index (Phi) is 6.79. The molecule has 0 atom stereocenters. The summed E-state index contributed by atoms with van der Waals surface area (Å²) in [5.41, 5.74) is 4.12. The highest BCUT2D eigenvalue weighted by molar-refractivity contribution is 5.90. The Morgan fingerprint density at radius 2 is 1.41 bits per heavy atom. The van der Waals surface area contributed by atoms with E-state index in [1.165, 1.54) is 6.07 Å². The molecule has 4 aromatic carbocycles. The third-order valence-corrected chi connectivity index (χ3v) is 5.28. The SMILES string of the molecule is C=Cc1ccc([N+](=O)[O-])c(COC(=O)c2ccc(N(c3ccccc3)c3ccccc3)cc2)c1. The largest absolute Gasteiger partial charge is 0.457 e. The summed E-state index contributed by atoms with van der Waals surface area (Å²) in [6.07, 6.45) is 1.58. The molecule has 6 heteroatoms. The number of anilines is 3. The number of hydrogen-bond acceptors (Lipinski definition) is 5. The Labute approximate surface area is 197 Å². The van der Waals surface area contributed by atoms with Crippen LogP contribution in [-0.4, -0.2) is 10.9 Å². The molecule has 0 aliphatic carbocycles. The van der Waals surface area contributed by atoms with E-state index in [0.717, 1.165) is 17.1 Å². The fraction of sp³-hybridized carbons (Fsp3) is 0.0357. The summed E-state index contributed by atoms with van der Waals surface area (Å²) in [6.45, 7) is 3.46. The fourth-order valence-electron chi connectivity index (χ4n) is 3.60. The van der Waals surface area contributed by atoms with Gasteiger partial charge in [-0.25, -0.2) is 4.79 Å². The van der Waals surface area contributed by atoms with Crippen molar-refractivity contribution in [3.63, 3.8) is 0 Å². The van der Waals surface area contributed by atoms with Crippen molar-refractivity contribution in [3.8, 4) is 0 Å². The molecule has 4 rings (SSSR count). The van der Waals surface area contributed by atoms with Crippen molar-refractivity contribution in [2.24, 2.45) is 0 Å². The van der Waals surface area contributed by atoms with Crippen molar-refractivity contribution in [2.45, 2.75) is 6.61 Å². The Bertz CT molecular complexity index is 1260. The van der Waals surface area contributed by atoms with Gasteiger partial charge in [-0.15, -0.1) is 0 Å². The minimum Gasteiger partial charge on any atom is -0.457 e. The lowest BCUT2D eigenvalue weighted by atomic mass is 10.1. The Morgan fingerprint density at radius 1 is 0.853 bits per heavy atom. The van der Waals surface area contributed by atoms with Crippen LogP contribution >= 0.6 is 0 Å². The summed E-state index contributed by atoms with van der Waals surface area (Å²) in [6, 6.07) is 31.5. The molecule has 0 saturated heterocycles. The van der Waals surface area contributed by atoms with Crippen LogP contribution in [-0.2, 0) is 11.3 Å². The topological polar surface area (TPSA) is 72.7 Å². The molecule has 0 heterocycles. The highest BCUT2D eigenvalue weighted by Gasteiger charge is 2.17. The number of benzene rings is 4. The van der Waals surface area contributed by atoms with Crippen LogP contribution in [0.5, 0.6) is 0 Å². The van der Waals surface area contributed by atoms with Crippen LogP contribution in [0.25, 0.3) is 6.08 Å². The normalized spacial score (nSPS) is 10.4. The van der Waals surface area contributed by atoms with Gasteiger partial charge in [0.1, 0.15) is 6.61 Å². The van der Waals surface area contributed by atoms with Gasteiger partial charge in [-0.3, -0.25) is 10.1 Å². The van der Waals surface area contributed by atoms with Gasteiger partial charge in [-0.2, -0.15) is 0 Å². The van der Waals surface area contributed by atoms with Crippen LogP contribution in [0.4, 0.5) is 22.7 Å². The third-order valence-electron chi connectivity index (χ3n) is 5.28. The quantitative estimate of drug-likeness (QED) is 0.163. The van der Waals surface area contributed by atoms with Crippen LogP contribution in [0.3, 0.4) is 0 Å². The number of ether oxygens (including phenoxy) is 1. The van der Waals surface area contributed by atoms with Crippen LogP contribution < -0.4 is 4.90 Å². The van der Waals surface area contributed by atoms with E-state index < -0.39 is 10.9 Å². The lowest BCUT2D eigenvalue weighted by Crippen LogP contribution is -2.11. The molecule has 0 bridgehead atoms. The summed E-state index contributed by atoms with van der Waals surface area (Å²) in [4.78, 5) is 25.5. The highest BCUT2D eigenvalue weighted by atomic mass is 16.6. The smallest absolute Gasteiger partial charge is 0.338 e. The fourth-order valence-corrected chi connectivity index (χ4v) is 3.60. The summed E-state index contributed by atoms with van der Waals surface area (Å²) in [7, 11) is 0. The number of carbonyl (C=O) groups excluding carboxylic acids is 1. The Morgan fingerprint density at radius 3 is 1.94 bits per heavy atom. The van der Waals surface area contributed by atoms with Crippen LogP contribution in [0.2, 0.25) is 0 Å². The molecule has 6 nitrogen and oxygen atoms in total. The van der Waals surface area contributed by atoms with E-state index in [1.54, 1.807) is 30.3 Å². The van der Waals surface area contributed by atoms with E-state index in [2.05, 4.69) is 11.5 Å². The second-order valence-corrected chi connectivity index (χ2v) is 7.48. The molecule has 0 aromatic heterocycles. The minimum absolute atomic E-state index is 0.102. The first-order valence-electron chi connectivity index (χ1n) is 10.6. The maximum atomic E-state index is 12.6. The Hall–Kier alpha value is -4.71. The standard InChI is InChI=1S/C28H22N2O4/c1-2-21-13-18-27(30(32)33)23(19-21)20-34-28(31)22-14-16-26(17-15-22)29(24-9-5-3-6-10-24)25-11-7-4-8-12-25/h2-19H,1,20H2. The molecule has 34 heavy (non-hydrogen) atoms. The first-order chi connectivity index (χ1) is 16.6. The monoisotopic (exact) mass is 450 g/mol. The molecule has 0 N–H and O–H groups in total. The van der Waals surface area contributed by atoms with Gasteiger partial charge in [-0.05, 0) is 66.2 Å². The average molecular weight is 450 g/mol. The van der Waals surface area contributed by atoms with Crippen molar-refractivity contribution in [1.29, 1.82) is 0 Å². The van der Waals surface area contributed by atoms with E-state index in [9.17, 15) is 14.9 Å². The van der Waals surface area contributed by atoms with E-state index in [-0.39, 0.29) is 12.3 Å². The van der Waals surface area contributed by atoms with E-state index >= 15 is 0 Å². The number of esters is 1. The molecule has 0 saturated carbocycles. The van der Waals surface area contributed by atoms with E-state index in [0.29, 0.717) is 16.7 Å². The maximum Gasteiger partial charge on any atom is 0.338 e. The molecule has 0 fully saturated rings. The van der Waals surface area contributed by atoms with Gasteiger partial charge >= 0.3 is 5.97 Å². The number of nitro benzene ring substituents is 1. The molecule has 168 valence electrons. The van der Waals surface area contributed by atoms with Gasteiger partial charge in [0.25, 0.3) is 5.69 Å². The number of rotatable bonds is 8. The highest BCUT2D eigenvalue weighted by Crippen LogP contribution is 2.34. The van der Waals surface area contributed by atoms with Crippen LogP contribution in [0.1, 0.15) is 21.5 Å². The van der Waals surface area contributed by atoms with Crippen molar-refractivity contribution in [1.82, 2.24) is 0 Å². The van der Waals surface area contributed by atoms with Gasteiger partial charge in [0, 0.05) is 23.1 Å². The van der Waals surface area contributed by atoms with Crippen molar-refractivity contribution in [3.05, 3.63) is 137 Å². The van der Waals surface area contributed by atoms with Gasteiger partial charge in [-0.1, -0.05) is 49.1 Å². The van der Waals surface area contributed by atoms with Gasteiger partial charge in [0.15, 0.2) is 0 Å². The zero-order valence-electron chi connectivity index (χ0n) is 18.3. The number of carbonyl (C=O) groups is 1. The molecule has 0 unspecified atom stereocenters. The third kappa shape index (κ3) is 5.02. The summed E-state index contributed by atoms with van der Waals surface area (Å²) >= 11 is 0. The second-order valence-electron chi connectivity index (χ2n) is 7.48. The van der Waals surface area contributed by atoms with Crippen LogP contribution in [0, 0.1) is 10.1 Å². The molecular weight excluding hydrogens is 428 g/mol. The molecule has 0 aliphatic rings. The summed E-state index contributed by atoms with van der Waals surface area (Å²) < 4.78 is 5.38. The zero-order valence-corrected chi connectivity index (χ0v) is 18.3. The number of nitrogens with zero attached hydrogens (tertiary/aromatic N) is 2. The van der Waals surface area contributed by atoms with Crippen molar-refractivity contribution >= 4 is 34.8 Å². The lowest BCUT2D eigenvalue weighted by Gasteiger charge is -2.25. The Balaban J connectivity index is 1.55. The van der Waals surface area contributed by atoms with E-state index in [1.807, 2.05) is 72.8 Å². The first-order valence-corrected chi connectivity index (χ1v) is 10.6. The predicted molar refractivity (Wildman–Crippen MR) is 133 cm³/mol. The maximum absolute atomic E-state index is 12.6. The number of para-hydroxylation sites is 2. The minimum atomic E-state index is -0.559. The van der Waals surface area contributed by atoms with Crippen LogP contribution in [0.15, 0.2) is 110 Å². The molecule has 0 aliphatic heterocycles. The van der Waals surface area contributed by atoms with Gasteiger partial charge in [0.2, 0.25) is 0 Å². The molecule has 4 aromatic rings. The van der Waals surface area contributed by atoms with Crippen molar-refractivity contribution in [2.75, 3.05) is 4.90 Å². The summed E-state index contributed by atoms with van der Waals surface area (Å²) in [5, 5.41) is 11.3. The lowest BCUT2D eigenvalue weighted by molar-refractivity contribution is -0.385. The second kappa shape index (κ2) is 10.3. The average Bonchev–Trinajstić information content (AvgIpc) is 2.89. The van der Waals surface area contributed by atoms with E-state index in [4.69, 9.17) is 4.74 Å². The molecule has 0 radical (unpaired) electrons. The summed E-state index contributed by atoms with van der Waals surface area (Å²) in [5.74, 6) is -0.559. The molecular formula is C28H22N2O4. The first kappa shape index (κ1) is 22.5.